The number of nitrogens with one attached hydrogen (secondary N) is 2. The van der Waals surface area contributed by atoms with Crippen LogP contribution in [-0.2, 0) is 19.0 Å². The van der Waals surface area contributed by atoms with E-state index in [0.29, 0.717) is 19.5 Å². The summed E-state index contributed by atoms with van der Waals surface area (Å²) in [5.41, 5.74) is 0. The highest BCUT2D eigenvalue weighted by atomic mass is 32.2. The first-order chi connectivity index (χ1) is 16.2. The molecule has 2 fully saturated rings. The SMILES string of the molecule is C=CC(=O)NCCSCCCN[C@@H]1OC(CO)[C@@H](O[C@@H]2OC(CO)[C@@H](O)C(O)C2O)C(O)C1O. The van der Waals surface area contributed by atoms with Crippen molar-refractivity contribution in [3.63, 3.8) is 0 Å². The second-order valence-electron chi connectivity index (χ2n) is 7.97. The first-order valence-electron chi connectivity index (χ1n) is 11.0. The van der Waals surface area contributed by atoms with E-state index >= 15 is 0 Å². The molecule has 34 heavy (non-hydrogen) atoms. The van der Waals surface area contributed by atoms with Gasteiger partial charge in [0, 0.05) is 12.3 Å². The molecule has 2 heterocycles. The highest BCUT2D eigenvalue weighted by molar-refractivity contribution is 7.99. The molecule has 14 heteroatoms. The highest BCUT2D eigenvalue weighted by Gasteiger charge is 2.50. The predicted octanol–water partition coefficient (Wildman–Crippen LogP) is -4.37. The summed E-state index contributed by atoms with van der Waals surface area (Å²) in [5.74, 6) is 1.27. The highest BCUT2D eigenvalue weighted by Crippen LogP contribution is 2.28. The van der Waals surface area contributed by atoms with Crippen molar-refractivity contribution >= 4 is 17.7 Å². The van der Waals surface area contributed by atoms with Gasteiger partial charge in [-0.05, 0) is 24.8 Å². The fourth-order valence-corrected chi connectivity index (χ4v) is 4.40. The van der Waals surface area contributed by atoms with Crippen LogP contribution in [0.1, 0.15) is 6.42 Å². The average molecular weight is 513 g/mol. The van der Waals surface area contributed by atoms with E-state index in [4.69, 9.17) is 14.2 Å². The van der Waals surface area contributed by atoms with Crippen molar-refractivity contribution in [2.75, 3.05) is 37.8 Å². The van der Waals surface area contributed by atoms with Gasteiger partial charge in [-0.25, -0.2) is 0 Å². The van der Waals surface area contributed by atoms with Gasteiger partial charge in [-0.1, -0.05) is 6.58 Å². The summed E-state index contributed by atoms with van der Waals surface area (Å²) in [5, 5.41) is 75.6. The largest absolute Gasteiger partial charge is 0.394 e. The number of thioether (sulfide) groups is 1. The number of ether oxygens (including phenoxy) is 3. The molecule has 0 saturated carbocycles. The topological polar surface area (TPSA) is 210 Å². The van der Waals surface area contributed by atoms with Gasteiger partial charge in [0.05, 0.1) is 13.2 Å². The maximum atomic E-state index is 11.1. The van der Waals surface area contributed by atoms with Gasteiger partial charge in [-0.15, -0.1) is 0 Å². The molecule has 0 aromatic carbocycles. The maximum Gasteiger partial charge on any atom is 0.243 e. The van der Waals surface area contributed by atoms with Crippen LogP contribution in [0, 0.1) is 0 Å². The van der Waals surface area contributed by atoms with E-state index in [1.807, 2.05) is 0 Å². The Morgan fingerprint density at radius 3 is 2.26 bits per heavy atom. The van der Waals surface area contributed by atoms with Crippen LogP contribution < -0.4 is 10.6 Å². The zero-order valence-corrected chi connectivity index (χ0v) is 19.5. The lowest BCUT2D eigenvalue weighted by atomic mass is 9.96. The fraction of sp³-hybridized carbons (Fsp3) is 0.850. The Bertz CT molecular complexity index is 629. The molecule has 198 valence electrons. The average Bonchev–Trinajstić information content (AvgIpc) is 2.84. The molecule has 0 radical (unpaired) electrons. The number of carbonyl (C=O) groups excluding carboxylic acids is 1. The van der Waals surface area contributed by atoms with Gasteiger partial charge in [0.2, 0.25) is 5.91 Å². The Balaban J connectivity index is 1.81. The van der Waals surface area contributed by atoms with Crippen LogP contribution in [0.5, 0.6) is 0 Å². The Kier molecular flexibility index (Phi) is 12.6. The zero-order valence-electron chi connectivity index (χ0n) is 18.7. The van der Waals surface area contributed by atoms with Crippen LogP contribution in [0.25, 0.3) is 0 Å². The summed E-state index contributed by atoms with van der Waals surface area (Å²) in [6.07, 6.45) is -12.3. The van der Waals surface area contributed by atoms with Crippen molar-refractivity contribution < 1.29 is 54.8 Å². The third-order valence-electron chi connectivity index (χ3n) is 5.55. The number of aliphatic hydroxyl groups excluding tert-OH is 7. The molecular weight excluding hydrogens is 476 g/mol. The van der Waals surface area contributed by atoms with E-state index in [2.05, 4.69) is 17.2 Å². The van der Waals surface area contributed by atoms with Gasteiger partial charge in [0.25, 0.3) is 0 Å². The third kappa shape index (κ3) is 7.81. The van der Waals surface area contributed by atoms with Crippen molar-refractivity contribution in [3.05, 3.63) is 12.7 Å². The Morgan fingerprint density at radius 1 is 0.912 bits per heavy atom. The molecule has 2 aliphatic heterocycles. The minimum Gasteiger partial charge on any atom is -0.394 e. The number of rotatable bonds is 13. The van der Waals surface area contributed by atoms with Crippen LogP contribution in [0.15, 0.2) is 12.7 Å². The summed E-state index contributed by atoms with van der Waals surface area (Å²) in [7, 11) is 0. The Labute approximate surface area is 201 Å². The Hall–Kier alpha value is -0.880. The van der Waals surface area contributed by atoms with E-state index in [9.17, 15) is 40.5 Å². The van der Waals surface area contributed by atoms with Crippen LogP contribution >= 0.6 is 11.8 Å². The molecule has 0 aliphatic carbocycles. The second kappa shape index (κ2) is 14.6. The zero-order chi connectivity index (χ0) is 25.3. The van der Waals surface area contributed by atoms with Crippen LogP contribution in [0.2, 0.25) is 0 Å². The van der Waals surface area contributed by atoms with Gasteiger partial charge in [-0.2, -0.15) is 11.8 Å². The fourth-order valence-electron chi connectivity index (χ4n) is 3.60. The molecule has 0 spiro atoms. The van der Waals surface area contributed by atoms with E-state index in [0.717, 1.165) is 11.5 Å². The summed E-state index contributed by atoms with van der Waals surface area (Å²) in [6, 6.07) is 0. The quantitative estimate of drug-likeness (QED) is 0.0844. The molecule has 2 aliphatic rings. The van der Waals surface area contributed by atoms with E-state index in [1.54, 1.807) is 11.8 Å². The van der Waals surface area contributed by atoms with Crippen LogP contribution in [-0.4, -0.2) is 141 Å². The first kappa shape index (κ1) is 29.4. The number of carbonyl (C=O) groups is 1. The lowest BCUT2D eigenvalue weighted by molar-refractivity contribution is -0.343. The summed E-state index contributed by atoms with van der Waals surface area (Å²) >= 11 is 1.63. The molecule has 2 saturated heterocycles. The second-order valence-corrected chi connectivity index (χ2v) is 9.20. The number of aliphatic hydroxyl groups is 7. The molecule has 6 unspecified atom stereocenters. The summed E-state index contributed by atoms with van der Waals surface area (Å²) < 4.78 is 16.4. The van der Waals surface area contributed by atoms with Gasteiger partial charge in [0.1, 0.15) is 55.1 Å². The predicted molar refractivity (Wildman–Crippen MR) is 120 cm³/mol. The first-order valence-corrected chi connectivity index (χ1v) is 12.2. The maximum absolute atomic E-state index is 11.1. The van der Waals surface area contributed by atoms with Crippen LogP contribution in [0.3, 0.4) is 0 Å². The molecule has 0 aromatic heterocycles. The van der Waals surface area contributed by atoms with E-state index in [1.165, 1.54) is 6.08 Å². The minimum atomic E-state index is -1.71. The Morgan fingerprint density at radius 2 is 1.62 bits per heavy atom. The molecular formula is C20H36N2O11S. The number of amides is 1. The van der Waals surface area contributed by atoms with Crippen molar-refractivity contribution in [1.82, 2.24) is 10.6 Å². The van der Waals surface area contributed by atoms with Crippen LogP contribution in [0.4, 0.5) is 0 Å². The molecule has 2 rings (SSSR count). The third-order valence-corrected chi connectivity index (χ3v) is 6.62. The standard InChI is InChI=1S/C20H36N2O11S/c1-2-12(25)21-5-7-34-6-3-4-22-19-16(29)15(28)18(11(9-24)31-19)33-20-17(30)14(27)13(26)10(8-23)32-20/h2,10-11,13-20,22-24,26-30H,1,3-9H2,(H,21,25)/t10?,11?,13-,14?,15?,16?,17?,18-,19-,20+/m1/s1. The molecule has 13 nitrogen and oxygen atoms in total. The normalized spacial score (nSPS) is 38.4. The molecule has 10 atom stereocenters. The lowest BCUT2D eigenvalue weighted by Crippen LogP contribution is -2.66. The minimum absolute atomic E-state index is 0.225. The monoisotopic (exact) mass is 512 g/mol. The summed E-state index contributed by atoms with van der Waals surface area (Å²) in [4.78, 5) is 11.1. The summed E-state index contributed by atoms with van der Waals surface area (Å²) in [6.45, 7) is 3.09. The smallest absolute Gasteiger partial charge is 0.243 e. The van der Waals surface area contributed by atoms with Crippen molar-refractivity contribution in [3.8, 4) is 0 Å². The number of hydrogen-bond donors (Lipinski definition) is 9. The van der Waals surface area contributed by atoms with Gasteiger partial charge in [0.15, 0.2) is 6.29 Å². The van der Waals surface area contributed by atoms with Crippen molar-refractivity contribution in [2.24, 2.45) is 0 Å². The van der Waals surface area contributed by atoms with Gasteiger partial charge in [-0.3, -0.25) is 10.1 Å². The van der Waals surface area contributed by atoms with Gasteiger partial charge < -0.3 is 55.3 Å². The molecule has 0 bridgehead atoms. The molecule has 9 N–H and O–H groups in total. The van der Waals surface area contributed by atoms with Gasteiger partial charge >= 0.3 is 0 Å². The van der Waals surface area contributed by atoms with E-state index in [-0.39, 0.29) is 5.91 Å². The van der Waals surface area contributed by atoms with Crippen molar-refractivity contribution in [2.45, 2.75) is 67.8 Å². The lowest BCUT2D eigenvalue weighted by Gasteiger charge is -2.46. The van der Waals surface area contributed by atoms with E-state index < -0.39 is 74.6 Å². The number of hydrogen-bond acceptors (Lipinski definition) is 13. The van der Waals surface area contributed by atoms with Crippen molar-refractivity contribution in [1.29, 1.82) is 0 Å². The molecule has 0 aromatic rings. The molecule has 1 amide bonds.